The first kappa shape index (κ1) is 17.3. The van der Waals surface area contributed by atoms with Crippen LogP contribution < -0.4 is 5.73 Å². The molecule has 0 heterocycles. The van der Waals surface area contributed by atoms with E-state index < -0.39 is 0 Å². The lowest BCUT2D eigenvalue weighted by Gasteiger charge is -2.24. The van der Waals surface area contributed by atoms with Crippen molar-refractivity contribution < 1.29 is 9.53 Å². The molecule has 0 aliphatic heterocycles. The summed E-state index contributed by atoms with van der Waals surface area (Å²) in [7, 11) is 2.08. The van der Waals surface area contributed by atoms with E-state index >= 15 is 0 Å². The highest BCUT2D eigenvalue weighted by Crippen LogP contribution is 2.06. The van der Waals surface area contributed by atoms with Crippen LogP contribution in [0.5, 0.6) is 0 Å². The minimum Gasteiger partial charge on any atom is -0.466 e. The van der Waals surface area contributed by atoms with E-state index in [4.69, 9.17) is 22.7 Å². The van der Waals surface area contributed by atoms with E-state index in [2.05, 4.69) is 18.9 Å². The van der Waals surface area contributed by atoms with Crippen molar-refractivity contribution in [3.8, 4) is 0 Å². The van der Waals surface area contributed by atoms with Gasteiger partial charge in [-0.3, -0.25) is 4.79 Å². The van der Waals surface area contributed by atoms with Crippen molar-refractivity contribution in [1.82, 2.24) is 4.90 Å². The highest BCUT2D eigenvalue weighted by atomic mass is 32.1. The van der Waals surface area contributed by atoms with Crippen molar-refractivity contribution in [1.29, 1.82) is 0 Å². The molecule has 2 N–H and O–H groups in total. The standard InChI is InChI=1S/C13H26N2O2S/c1-4-17-13(16)8-6-5-7-9-15(3)11(2)10-12(14)18/h11H,4-10H2,1-3H3,(H2,14,18). The molecule has 18 heavy (non-hydrogen) atoms. The molecule has 1 unspecified atom stereocenters. The molecule has 0 bridgehead atoms. The maximum absolute atomic E-state index is 11.1. The molecule has 4 nitrogen and oxygen atoms in total. The third-order valence-corrected chi connectivity index (χ3v) is 3.11. The predicted molar refractivity (Wildman–Crippen MR) is 78.6 cm³/mol. The Balaban J connectivity index is 3.53. The molecule has 0 spiro atoms. The fraction of sp³-hybridized carbons (Fsp3) is 0.846. The highest BCUT2D eigenvalue weighted by Gasteiger charge is 2.09. The van der Waals surface area contributed by atoms with E-state index in [9.17, 15) is 4.79 Å². The number of thiocarbonyl (C=S) groups is 1. The summed E-state index contributed by atoms with van der Waals surface area (Å²) in [6.07, 6.45) is 4.31. The zero-order valence-electron chi connectivity index (χ0n) is 11.8. The Bertz CT molecular complexity index is 259. The largest absolute Gasteiger partial charge is 0.466 e. The quantitative estimate of drug-likeness (QED) is 0.376. The first-order valence-corrected chi connectivity index (χ1v) is 7.02. The van der Waals surface area contributed by atoms with Crippen LogP contribution in [-0.4, -0.2) is 42.1 Å². The van der Waals surface area contributed by atoms with Crippen LogP contribution in [0, 0.1) is 0 Å². The van der Waals surface area contributed by atoms with Gasteiger partial charge in [0.2, 0.25) is 0 Å². The monoisotopic (exact) mass is 274 g/mol. The minimum atomic E-state index is -0.0901. The van der Waals surface area contributed by atoms with Gasteiger partial charge in [0.25, 0.3) is 0 Å². The third-order valence-electron chi connectivity index (χ3n) is 2.95. The Morgan fingerprint density at radius 1 is 1.39 bits per heavy atom. The Kier molecular flexibility index (Phi) is 9.87. The van der Waals surface area contributed by atoms with Crippen LogP contribution in [0.15, 0.2) is 0 Å². The second kappa shape index (κ2) is 10.3. The normalized spacial score (nSPS) is 12.4. The molecule has 106 valence electrons. The van der Waals surface area contributed by atoms with Crippen LogP contribution in [0.4, 0.5) is 0 Å². The van der Waals surface area contributed by atoms with Gasteiger partial charge in [0.05, 0.1) is 11.6 Å². The number of ether oxygens (including phenoxy) is 1. The van der Waals surface area contributed by atoms with E-state index in [0.717, 1.165) is 32.2 Å². The first-order chi connectivity index (χ1) is 8.47. The molecule has 0 saturated carbocycles. The number of unbranched alkanes of at least 4 members (excludes halogenated alkanes) is 2. The number of nitrogens with two attached hydrogens (primary N) is 1. The lowest BCUT2D eigenvalue weighted by Crippen LogP contribution is -2.33. The third kappa shape index (κ3) is 9.36. The molecule has 1 atom stereocenters. The molecule has 0 rings (SSSR count). The van der Waals surface area contributed by atoms with Gasteiger partial charge >= 0.3 is 5.97 Å². The molecule has 0 fully saturated rings. The average Bonchev–Trinajstić information content (AvgIpc) is 2.27. The zero-order valence-corrected chi connectivity index (χ0v) is 12.6. The molecule has 0 aromatic rings. The van der Waals surface area contributed by atoms with E-state index in [-0.39, 0.29) is 5.97 Å². The van der Waals surface area contributed by atoms with Gasteiger partial charge in [0.15, 0.2) is 0 Å². The summed E-state index contributed by atoms with van der Waals surface area (Å²) in [5, 5.41) is 0. The van der Waals surface area contributed by atoms with Crippen molar-refractivity contribution in [2.24, 2.45) is 5.73 Å². The number of hydrogen-bond acceptors (Lipinski definition) is 4. The van der Waals surface area contributed by atoms with Crippen molar-refractivity contribution in [3.63, 3.8) is 0 Å². The first-order valence-electron chi connectivity index (χ1n) is 6.61. The molecule has 0 amide bonds. The highest BCUT2D eigenvalue weighted by molar-refractivity contribution is 7.80. The van der Waals surface area contributed by atoms with Crippen LogP contribution in [0.2, 0.25) is 0 Å². The van der Waals surface area contributed by atoms with Crippen molar-refractivity contribution in [2.75, 3.05) is 20.2 Å². The van der Waals surface area contributed by atoms with Crippen LogP contribution in [-0.2, 0) is 9.53 Å². The molecule has 0 saturated heterocycles. The number of esters is 1. The summed E-state index contributed by atoms with van der Waals surface area (Å²) < 4.78 is 4.87. The SMILES string of the molecule is CCOC(=O)CCCCCN(C)C(C)CC(N)=S. The van der Waals surface area contributed by atoms with Gasteiger partial charge in [0, 0.05) is 18.9 Å². The van der Waals surface area contributed by atoms with Crippen LogP contribution in [0.1, 0.15) is 46.0 Å². The van der Waals surface area contributed by atoms with Crippen molar-refractivity contribution in [3.05, 3.63) is 0 Å². The van der Waals surface area contributed by atoms with E-state index in [0.29, 0.717) is 24.1 Å². The second-order valence-corrected chi connectivity index (χ2v) is 5.14. The molecule has 0 aliphatic carbocycles. The Hall–Kier alpha value is -0.680. The molecule has 5 heteroatoms. The number of rotatable bonds is 10. The van der Waals surface area contributed by atoms with Gasteiger partial charge in [-0.25, -0.2) is 0 Å². The van der Waals surface area contributed by atoms with Gasteiger partial charge in [-0.05, 0) is 40.3 Å². The smallest absolute Gasteiger partial charge is 0.305 e. The van der Waals surface area contributed by atoms with Crippen LogP contribution >= 0.6 is 12.2 Å². The lowest BCUT2D eigenvalue weighted by atomic mass is 10.1. The minimum absolute atomic E-state index is 0.0901. The van der Waals surface area contributed by atoms with Gasteiger partial charge in [-0.2, -0.15) is 0 Å². The van der Waals surface area contributed by atoms with Crippen molar-refractivity contribution >= 4 is 23.2 Å². The summed E-state index contributed by atoms with van der Waals surface area (Å²) in [5.41, 5.74) is 5.52. The van der Waals surface area contributed by atoms with E-state index in [1.54, 1.807) is 0 Å². The number of nitrogens with zero attached hydrogens (tertiary/aromatic N) is 1. The Morgan fingerprint density at radius 3 is 2.61 bits per heavy atom. The number of hydrogen-bond donors (Lipinski definition) is 1. The Labute approximate surface area is 116 Å². The number of carbonyl (C=O) groups excluding carboxylic acids is 1. The fourth-order valence-corrected chi connectivity index (χ4v) is 1.95. The second-order valence-electron chi connectivity index (χ2n) is 4.62. The maximum atomic E-state index is 11.1. The molecule has 0 aromatic heterocycles. The summed E-state index contributed by atoms with van der Waals surface area (Å²) in [6.45, 7) is 5.43. The predicted octanol–water partition coefficient (Wildman–Crippen LogP) is 2.11. The van der Waals surface area contributed by atoms with E-state index in [1.165, 1.54) is 0 Å². The fourth-order valence-electron chi connectivity index (χ4n) is 1.71. The average molecular weight is 274 g/mol. The summed E-state index contributed by atoms with van der Waals surface area (Å²) in [6, 6.07) is 0.382. The maximum Gasteiger partial charge on any atom is 0.305 e. The van der Waals surface area contributed by atoms with E-state index in [1.807, 2.05) is 6.92 Å². The van der Waals surface area contributed by atoms with Gasteiger partial charge < -0.3 is 15.4 Å². The van der Waals surface area contributed by atoms with Gasteiger partial charge in [-0.15, -0.1) is 0 Å². The molecular formula is C13H26N2O2S. The van der Waals surface area contributed by atoms with Crippen molar-refractivity contribution in [2.45, 2.75) is 52.0 Å². The molecule has 0 radical (unpaired) electrons. The van der Waals surface area contributed by atoms with Gasteiger partial charge in [0.1, 0.15) is 0 Å². The Morgan fingerprint density at radius 2 is 2.06 bits per heavy atom. The summed E-state index contributed by atoms with van der Waals surface area (Å²) in [4.78, 5) is 13.9. The lowest BCUT2D eigenvalue weighted by molar-refractivity contribution is -0.143. The molecule has 0 aromatic carbocycles. The molecular weight excluding hydrogens is 248 g/mol. The van der Waals surface area contributed by atoms with Crippen LogP contribution in [0.25, 0.3) is 0 Å². The summed E-state index contributed by atoms with van der Waals surface area (Å²) in [5.74, 6) is -0.0901. The van der Waals surface area contributed by atoms with Gasteiger partial charge in [-0.1, -0.05) is 18.6 Å². The topological polar surface area (TPSA) is 55.6 Å². The zero-order chi connectivity index (χ0) is 14.0. The number of carbonyl (C=O) groups is 1. The van der Waals surface area contributed by atoms with Crippen LogP contribution in [0.3, 0.4) is 0 Å². The summed E-state index contributed by atoms with van der Waals surface area (Å²) >= 11 is 4.90. The molecule has 0 aliphatic rings.